The molecule has 53 heavy (non-hydrogen) atoms. The third-order valence-corrected chi connectivity index (χ3v) is 12.7. The summed E-state index contributed by atoms with van der Waals surface area (Å²) in [6.45, 7) is 4.32. The number of piperidine rings is 1. The minimum atomic E-state index is -1.76. The number of phenols is 1. The van der Waals surface area contributed by atoms with Crippen molar-refractivity contribution in [2.45, 2.75) is 63.0 Å². The minimum Gasteiger partial charge on any atom is -0.506 e. The first-order valence-corrected chi connectivity index (χ1v) is 19.7. The Bertz CT molecular complexity index is 2040. The number of aromatic hydroxyl groups is 1. The first-order chi connectivity index (χ1) is 25.7. The molecule has 1 atom stereocenters. The van der Waals surface area contributed by atoms with E-state index >= 15 is 0 Å². The molecule has 1 saturated heterocycles. The van der Waals surface area contributed by atoms with Crippen LogP contribution < -0.4 is 15.4 Å². The number of ether oxygens (including phenoxy) is 2. The van der Waals surface area contributed by atoms with Gasteiger partial charge in [-0.25, -0.2) is 9.48 Å². The van der Waals surface area contributed by atoms with Crippen LogP contribution in [0.1, 0.15) is 59.1 Å². The van der Waals surface area contributed by atoms with Gasteiger partial charge in [0.05, 0.1) is 21.4 Å². The predicted octanol–water partition coefficient (Wildman–Crippen LogP) is 4.53. The van der Waals surface area contributed by atoms with Crippen molar-refractivity contribution in [3.05, 3.63) is 86.2 Å². The van der Waals surface area contributed by atoms with E-state index in [1.807, 2.05) is 45.8 Å². The topological polar surface area (TPSA) is 171 Å². The summed E-state index contributed by atoms with van der Waals surface area (Å²) < 4.78 is 13.4. The average Bonchev–Trinajstić information content (AvgIpc) is 3.96. The molecule has 3 aliphatic rings. The van der Waals surface area contributed by atoms with Gasteiger partial charge in [0, 0.05) is 25.2 Å². The van der Waals surface area contributed by atoms with Crippen LogP contribution in [0.2, 0.25) is 0 Å². The number of hydrogen-bond donors (Lipinski definition) is 5. The number of fused-ring (bicyclic) bond motifs is 2. The molecule has 1 aliphatic carbocycles. The molecule has 2 fully saturated rings. The fraction of sp³-hybridized carbons (Fsp3) is 0.421. The quantitative estimate of drug-likeness (QED) is 0.0845. The largest absolute Gasteiger partial charge is 0.506 e. The van der Waals surface area contributed by atoms with E-state index in [-0.39, 0.29) is 47.8 Å². The molecule has 5 aromatic rings. The molecule has 1 amide bonds. The fourth-order valence-electron chi connectivity index (χ4n) is 7.82. The van der Waals surface area contributed by atoms with E-state index in [1.54, 1.807) is 18.2 Å². The summed E-state index contributed by atoms with van der Waals surface area (Å²) >= 11 is 2.72. The Morgan fingerprint density at radius 3 is 2.57 bits per heavy atom. The van der Waals surface area contributed by atoms with Crippen molar-refractivity contribution in [1.82, 2.24) is 25.2 Å². The number of benzene rings is 2. The van der Waals surface area contributed by atoms with Crippen LogP contribution in [0.4, 0.5) is 5.69 Å². The Kier molecular flexibility index (Phi) is 9.95. The number of esters is 1. The lowest BCUT2D eigenvalue weighted by atomic mass is 9.61. The third-order valence-electron chi connectivity index (χ3n) is 10.8. The van der Waals surface area contributed by atoms with E-state index in [0.717, 1.165) is 74.9 Å². The molecular weight excluding hydrogens is 717 g/mol. The number of thiophene rings is 2. The van der Waals surface area contributed by atoms with Crippen molar-refractivity contribution in [3.63, 3.8) is 0 Å². The zero-order chi connectivity index (χ0) is 36.6. The highest BCUT2D eigenvalue weighted by atomic mass is 32.1. The molecular formula is C38H42N6O7S2. The number of likely N-dealkylation sites (tertiary alicyclic amines) is 1. The van der Waals surface area contributed by atoms with Gasteiger partial charge in [0.2, 0.25) is 5.60 Å². The summed E-state index contributed by atoms with van der Waals surface area (Å²) in [7, 11) is 0. The van der Waals surface area contributed by atoms with Crippen molar-refractivity contribution in [1.29, 1.82) is 0 Å². The van der Waals surface area contributed by atoms with Crippen LogP contribution in [0.25, 0.3) is 11.0 Å². The van der Waals surface area contributed by atoms with E-state index in [1.165, 1.54) is 28.7 Å². The molecule has 15 heteroatoms. The van der Waals surface area contributed by atoms with Crippen LogP contribution >= 0.6 is 22.7 Å². The fourth-order valence-corrected chi connectivity index (χ4v) is 9.53. The maximum atomic E-state index is 13.4. The number of carbonyl (C=O) groups is 2. The molecule has 5 heterocycles. The lowest BCUT2D eigenvalue weighted by Crippen LogP contribution is -2.52. The molecule has 2 aliphatic heterocycles. The Balaban J connectivity index is 0.770. The second kappa shape index (κ2) is 14.8. The van der Waals surface area contributed by atoms with E-state index in [4.69, 9.17) is 9.47 Å². The molecule has 0 radical (unpaired) electrons. The molecule has 8 rings (SSSR count). The van der Waals surface area contributed by atoms with Crippen LogP contribution in [-0.4, -0.2) is 86.0 Å². The maximum Gasteiger partial charge on any atom is 0.349 e. The Morgan fingerprint density at radius 2 is 1.85 bits per heavy atom. The summed E-state index contributed by atoms with van der Waals surface area (Å²) in [5.41, 5.74) is 1.89. The summed E-state index contributed by atoms with van der Waals surface area (Å²) in [6, 6.07) is 16.3. The maximum absolute atomic E-state index is 13.4. The monoisotopic (exact) mass is 758 g/mol. The molecule has 1 saturated carbocycles. The van der Waals surface area contributed by atoms with Crippen LogP contribution in [-0.2, 0) is 33.0 Å². The highest BCUT2D eigenvalue weighted by Gasteiger charge is 2.51. The van der Waals surface area contributed by atoms with E-state index < -0.39 is 17.7 Å². The number of carbonyl (C=O) groups excluding carboxylic acids is 2. The number of aryl methyl sites for hydroxylation is 1. The van der Waals surface area contributed by atoms with Gasteiger partial charge in [0.15, 0.2) is 12.4 Å². The van der Waals surface area contributed by atoms with Crippen LogP contribution in [0, 0.1) is 5.41 Å². The number of nitrogens with one attached hydrogen (secondary N) is 2. The minimum absolute atomic E-state index is 0.112. The molecule has 278 valence electrons. The second-order valence-electron chi connectivity index (χ2n) is 14.3. The number of hydrogen-bond acceptors (Lipinski definition) is 13. The van der Waals surface area contributed by atoms with E-state index in [2.05, 4.69) is 25.8 Å². The summed E-state index contributed by atoms with van der Waals surface area (Å²) in [4.78, 5) is 28.7. The van der Waals surface area contributed by atoms with Gasteiger partial charge >= 0.3 is 5.97 Å². The van der Waals surface area contributed by atoms with Crippen LogP contribution in [0.3, 0.4) is 0 Å². The molecule has 1 spiro atoms. The van der Waals surface area contributed by atoms with Gasteiger partial charge in [-0.1, -0.05) is 23.4 Å². The van der Waals surface area contributed by atoms with E-state index in [9.17, 15) is 24.9 Å². The number of phenolic OH excluding ortho intramolecular Hbond substituents is 1. The highest BCUT2D eigenvalue weighted by Crippen LogP contribution is 2.51. The summed E-state index contributed by atoms with van der Waals surface area (Å²) in [5, 5.41) is 50.9. The highest BCUT2D eigenvalue weighted by molar-refractivity contribution is 7.12. The Hall–Kier alpha value is -4.38. The number of amides is 1. The number of nitrogens with zero attached hydrogens (tertiary/aromatic N) is 4. The molecule has 2 aromatic carbocycles. The molecule has 0 bridgehead atoms. The first kappa shape index (κ1) is 35.6. The van der Waals surface area contributed by atoms with Crippen molar-refractivity contribution >= 4 is 51.3 Å². The van der Waals surface area contributed by atoms with Crippen LogP contribution in [0.5, 0.6) is 11.5 Å². The lowest BCUT2D eigenvalue weighted by Gasteiger charge is -2.51. The Morgan fingerprint density at radius 1 is 1.09 bits per heavy atom. The normalized spacial score (nSPS) is 18.0. The van der Waals surface area contributed by atoms with Gasteiger partial charge in [0.1, 0.15) is 23.1 Å². The van der Waals surface area contributed by atoms with Gasteiger partial charge in [-0.05, 0) is 110 Å². The zero-order valence-corrected chi connectivity index (χ0v) is 30.7. The van der Waals surface area contributed by atoms with Gasteiger partial charge in [-0.15, -0.1) is 27.8 Å². The number of anilines is 1. The van der Waals surface area contributed by atoms with Crippen molar-refractivity contribution < 1.29 is 34.4 Å². The summed E-state index contributed by atoms with van der Waals surface area (Å²) in [5.74, 6) is -0.769. The van der Waals surface area contributed by atoms with Gasteiger partial charge in [-0.3, -0.25) is 4.79 Å². The molecule has 13 nitrogen and oxygen atoms in total. The van der Waals surface area contributed by atoms with Crippen LogP contribution in [0.15, 0.2) is 65.4 Å². The van der Waals surface area contributed by atoms with Crippen molar-refractivity contribution in [2.75, 3.05) is 38.1 Å². The third kappa shape index (κ3) is 7.16. The SMILES string of the molecule is O=C1COc2c([C@@H](O)CNCc3ccc4c(c3)nnn4CCCN3CCC4(CC3)CC(OC(=O)C(O)(c3cccs3)c3cccs3)C4)ccc(O)c2N1. The van der Waals surface area contributed by atoms with Crippen molar-refractivity contribution in [3.8, 4) is 11.5 Å². The number of aromatic nitrogens is 3. The molecule has 5 N–H and O–H groups in total. The number of aliphatic hydroxyl groups is 2. The molecule has 3 aromatic heterocycles. The smallest absolute Gasteiger partial charge is 0.349 e. The Labute approximate surface area is 314 Å². The second-order valence-corrected chi connectivity index (χ2v) is 16.2. The molecule has 0 unspecified atom stereocenters. The zero-order valence-electron chi connectivity index (χ0n) is 29.1. The van der Waals surface area contributed by atoms with E-state index in [0.29, 0.717) is 21.9 Å². The first-order valence-electron chi connectivity index (χ1n) is 17.9. The predicted molar refractivity (Wildman–Crippen MR) is 200 cm³/mol. The summed E-state index contributed by atoms with van der Waals surface area (Å²) in [6.07, 6.45) is 3.71. The van der Waals surface area contributed by atoms with Crippen molar-refractivity contribution in [2.24, 2.45) is 5.41 Å². The standard InChI is InChI=1S/C38H42N6O7S2/c45-29-9-7-26(35-34(29)40-33(47)23-50-35)30(46)22-39-21-24-6-8-28-27(18-24)41-42-44(28)13-3-12-43-14-10-37(11-15-43)19-25(20-37)51-36(48)38(49,31-4-1-16-52-31)32-5-2-17-53-32/h1-2,4-9,16-18,25,30,39,45-46,49H,3,10-15,19-23H2,(H,40,47)/t30-/m0/s1. The number of aliphatic hydroxyl groups excluding tert-OH is 1. The number of rotatable bonds is 13. The lowest BCUT2D eigenvalue weighted by molar-refractivity contribution is -0.181. The average molecular weight is 759 g/mol. The van der Waals surface area contributed by atoms with Gasteiger partial charge in [0.25, 0.3) is 5.91 Å². The van der Waals surface area contributed by atoms with Gasteiger partial charge < -0.3 is 40.3 Å². The van der Waals surface area contributed by atoms with Gasteiger partial charge in [-0.2, -0.15) is 0 Å².